The van der Waals surface area contributed by atoms with Crippen molar-refractivity contribution in [2.45, 2.75) is 33.2 Å². The van der Waals surface area contributed by atoms with Crippen molar-refractivity contribution in [3.63, 3.8) is 0 Å². The molecule has 0 atom stereocenters. The Labute approximate surface area is 180 Å². The Hall–Kier alpha value is -1.01. The zero-order valence-electron chi connectivity index (χ0n) is 15.4. The molecule has 3 heterocycles. The number of piperazine rings is 1. The lowest BCUT2D eigenvalue weighted by molar-refractivity contribution is 0.372. The van der Waals surface area contributed by atoms with Crippen molar-refractivity contribution in [2.75, 3.05) is 38.1 Å². The van der Waals surface area contributed by atoms with Crippen LogP contribution in [0.1, 0.15) is 29.6 Å². The third-order valence-corrected chi connectivity index (χ3v) is 6.14. The largest absolute Gasteiger partial charge is 0.350 e. The number of thiazole rings is 1. The van der Waals surface area contributed by atoms with E-state index in [0.29, 0.717) is 0 Å². The van der Waals surface area contributed by atoms with Gasteiger partial charge in [0.25, 0.3) is 0 Å². The van der Waals surface area contributed by atoms with Gasteiger partial charge in [-0.3, -0.25) is 4.99 Å². The first-order valence-corrected chi connectivity index (χ1v) is 10.3. The minimum atomic E-state index is 0. The molecule has 2 aromatic heterocycles. The fourth-order valence-electron chi connectivity index (χ4n) is 2.71. The molecule has 144 valence electrons. The van der Waals surface area contributed by atoms with Gasteiger partial charge in [0.05, 0.1) is 6.54 Å². The lowest BCUT2D eigenvalue weighted by Crippen LogP contribution is -2.52. The molecule has 0 spiro atoms. The van der Waals surface area contributed by atoms with Gasteiger partial charge < -0.3 is 15.1 Å². The lowest BCUT2D eigenvalue weighted by Gasteiger charge is -2.36. The smallest absolute Gasteiger partial charge is 0.205 e. The standard InChI is InChI=1S/C16H25N7S2.HI/c1-4-12-10-18-14(24-12)11-19-15(17-3)22-6-8-23(9-7-22)16-20-13(5-2)21-25-16;/h10H,4-9,11H2,1-3H3,(H,17,19);1H. The zero-order chi connectivity index (χ0) is 17.6. The van der Waals surface area contributed by atoms with Crippen LogP contribution in [-0.2, 0) is 19.4 Å². The molecule has 10 heteroatoms. The van der Waals surface area contributed by atoms with Crippen molar-refractivity contribution in [1.82, 2.24) is 24.6 Å². The van der Waals surface area contributed by atoms with Gasteiger partial charge in [0.2, 0.25) is 5.13 Å². The second kappa shape index (κ2) is 10.4. The fraction of sp³-hybridized carbons (Fsp3) is 0.625. The average molecular weight is 507 g/mol. The van der Waals surface area contributed by atoms with E-state index in [2.05, 4.69) is 48.3 Å². The molecule has 7 nitrogen and oxygen atoms in total. The number of nitrogens with one attached hydrogen (secondary N) is 1. The summed E-state index contributed by atoms with van der Waals surface area (Å²) in [5.74, 6) is 1.88. The van der Waals surface area contributed by atoms with Crippen LogP contribution in [0.15, 0.2) is 11.2 Å². The van der Waals surface area contributed by atoms with Crippen molar-refractivity contribution in [2.24, 2.45) is 4.99 Å². The molecule has 1 aliphatic rings. The van der Waals surface area contributed by atoms with Gasteiger partial charge in [-0.05, 0) is 6.42 Å². The molecule has 0 aliphatic carbocycles. The number of halogens is 1. The Morgan fingerprint density at radius 3 is 2.58 bits per heavy atom. The van der Waals surface area contributed by atoms with Crippen LogP contribution in [0.2, 0.25) is 0 Å². The number of rotatable bonds is 5. The molecule has 0 unspecified atom stereocenters. The number of hydrogen-bond donors (Lipinski definition) is 1. The minimum Gasteiger partial charge on any atom is -0.350 e. The maximum Gasteiger partial charge on any atom is 0.205 e. The summed E-state index contributed by atoms with van der Waals surface area (Å²) >= 11 is 3.27. The van der Waals surface area contributed by atoms with Gasteiger partial charge in [-0.1, -0.05) is 13.8 Å². The number of aromatic nitrogens is 3. The summed E-state index contributed by atoms with van der Waals surface area (Å²) in [6.07, 6.45) is 3.90. The van der Waals surface area contributed by atoms with Crippen LogP contribution >= 0.6 is 46.8 Å². The number of anilines is 1. The van der Waals surface area contributed by atoms with Crippen LogP contribution in [-0.4, -0.2) is 58.4 Å². The van der Waals surface area contributed by atoms with Crippen LogP contribution in [0.5, 0.6) is 0 Å². The molecule has 2 aromatic rings. The lowest BCUT2D eigenvalue weighted by atomic mass is 10.3. The molecule has 3 rings (SSSR count). The molecule has 0 amide bonds. The Bertz CT molecular complexity index is 707. The molecule has 1 saturated heterocycles. The summed E-state index contributed by atoms with van der Waals surface area (Å²) in [4.78, 5) is 19.4. The molecule has 1 N–H and O–H groups in total. The van der Waals surface area contributed by atoms with Gasteiger partial charge in [0.1, 0.15) is 10.8 Å². The first-order chi connectivity index (χ1) is 12.2. The summed E-state index contributed by atoms with van der Waals surface area (Å²) in [6.45, 7) is 8.72. The van der Waals surface area contributed by atoms with Gasteiger partial charge in [-0.15, -0.1) is 35.3 Å². The summed E-state index contributed by atoms with van der Waals surface area (Å²) in [7, 11) is 1.84. The highest BCUT2D eigenvalue weighted by molar-refractivity contribution is 14.0. The summed E-state index contributed by atoms with van der Waals surface area (Å²) in [6, 6.07) is 0. The van der Waals surface area contributed by atoms with E-state index in [1.54, 1.807) is 11.3 Å². The number of nitrogens with zero attached hydrogens (tertiary/aromatic N) is 6. The first-order valence-electron chi connectivity index (χ1n) is 8.70. The molecule has 0 radical (unpaired) electrons. The summed E-state index contributed by atoms with van der Waals surface area (Å²) in [5, 5.41) is 5.59. The van der Waals surface area contributed by atoms with Gasteiger partial charge in [-0.2, -0.15) is 4.37 Å². The molecule has 0 aromatic carbocycles. The van der Waals surface area contributed by atoms with Crippen LogP contribution in [0.25, 0.3) is 0 Å². The Kier molecular flexibility index (Phi) is 8.48. The number of guanidine groups is 1. The van der Waals surface area contributed by atoms with E-state index in [0.717, 1.165) is 67.5 Å². The molecule has 0 bridgehead atoms. The van der Waals surface area contributed by atoms with Crippen molar-refractivity contribution in [1.29, 1.82) is 0 Å². The Balaban J connectivity index is 0.00000243. The van der Waals surface area contributed by atoms with E-state index in [1.165, 1.54) is 16.4 Å². The molecule has 1 fully saturated rings. The molecule has 1 aliphatic heterocycles. The van der Waals surface area contributed by atoms with Crippen molar-refractivity contribution >= 4 is 57.9 Å². The van der Waals surface area contributed by atoms with E-state index in [1.807, 2.05) is 13.2 Å². The summed E-state index contributed by atoms with van der Waals surface area (Å²) < 4.78 is 4.39. The highest BCUT2D eigenvalue weighted by Gasteiger charge is 2.22. The van der Waals surface area contributed by atoms with Crippen molar-refractivity contribution < 1.29 is 0 Å². The van der Waals surface area contributed by atoms with Crippen LogP contribution in [0.3, 0.4) is 0 Å². The SMILES string of the molecule is CCc1nsc(N2CCN(C(=NC)NCc3ncc(CC)s3)CC2)n1.I. The van der Waals surface area contributed by atoms with Gasteiger partial charge in [-0.25, -0.2) is 9.97 Å². The van der Waals surface area contributed by atoms with E-state index < -0.39 is 0 Å². The zero-order valence-corrected chi connectivity index (χ0v) is 19.4. The molecular formula is C16H26IN7S2. The molecular weight excluding hydrogens is 481 g/mol. The van der Waals surface area contributed by atoms with E-state index in [9.17, 15) is 0 Å². The second-order valence-electron chi connectivity index (χ2n) is 5.80. The van der Waals surface area contributed by atoms with Gasteiger partial charge in [0, 0.05) is 62.3 Å². The highest BCUT2D eigenvalue weighted by atomic mass is 127. The monoisotopic (exact) mass is 507 g/mol. The third kappa shape index (κ3) is 5.26. The molecule has 0 saturated carbocycles. The minimum absolute atomic E-state index is 0. The Morgan fingerprint density at radius 1 is 1.23 bits per heavy atom. The number of aliphatic imine (C=N–C) groups is 1. The van der Waals surface area contributed by atoms with E-state index in [-0.39, 0.29) is 24.0 Å². The quantitative estimate of drug-likeness (QED) is 0.381. The van der Waals surface area contributed by atoms with Crippen LogP contribution in [0.4, 0.5) is 5.13 Å². The predicted molar refractivity (Wildman–Crippen MR) is 120 cm³/mol. The van der Waals surface area contributed by atoms with Crippen LogP contribution < -0.4 is 10.2 Å². The maximum absolute atomic E-state index is 4.59. The Morgan fingerprint density at radius 2 is 2.00 bits per heavy atom. The second-order valence-corrected chi connectivity index (χ2v) is 7.73. The third-order valence-electron chi connectivity index (χ3n) is 4.18. The highest BCUT2D eigenvalue weighted by Crippen LogP contribution is 2.19. The number of hydrogen-bond acceptors (Lipinski definition) is 7. The van der Waals surface area contributed by atoms with E-state index >= 15 is 0 Å². The normalized spacial score (nSPS) is 15.1. The summed E-state index contributed by atoms with van der Waals surface area (Å²) in [5.41, 5.74) is 0. The molecule has 26 heavy (non-hydrogen) atoms. The van der Waals surface area contributed by atoms with Crippen LogP contribution in [0, 0.1) is 0 Å². The fourth-order valence-corrected chi connectivity index (χ4v) is 4.31. The average Bonchev–Trinajstić information content (AvgIpc) is 3.32. The maximum atomic E-state index is 4.59. The van der Waals surface area contributed by atoms with E-state index in [4.69, 9.17) is 0 Å². The predicted octanol–water partition coefficient (Wildman–Crippen LogP) is 2.64. The van der Waals surface area contributed by atoms with Crippen molar-refractivity contribution in [3.8, 4) is 0 Å². The topological polar surface area (TPSA) is 69.5 Å². The number of aryl methyl sites for hydroxylation is 2. The first kappa shape index (κ1) is 21.3. The van der Waals surface area contributed by atoms with Gasteiger partial charge >= 0.3 is 0 Å². The van der Waals surface area contributed by atoms with Gasteiger partial charge in [0.15, 0.2) is 5.96 Å². The van der Waals surface area contributed by atoms with Crippen molar-refractivity contribution in [3.05, 3.63) is 21.9 Å².